The molecule has 0 aromatic heterocycles. The predicted molar refractivity (Wildman–Crippen MR) is 100.0 cm³/mol. The zero-order valence-corrected chi connectivity index (χ0v) is 15.1. The second-order valence-electron chi connectivity index (χ2n) is 7.74. The van der Waals surface area contributed by atoms with Gasteiger partial charge < -0.3 is 5.11 Å². The molecule has 2 heteroatoms. The molecular formula is C22H29NO. The van der Waals surface area contributed by atoms with Gasteiger partial charge in [-0.25, -0.2) is 0 Å². The Labute approximate surface area is 146 Å². The zero-order valence-electron chi connectivity index (χ0n) is 15.1. The highest BCUT2D eigenvalue weighted by atomic mass is 16.3. The van der Waals surface area contributed by atoms with E-state index >= 15 is 0 Å². The number of aliphatic hydroxyl groups is 1. The predicted octanol–water partition coefficient (Wildman–Crippen LogP) is 4.58. The van der Waals surface area contributed by atoms with E-state index < -0.39 is 5.60 Å². The van der Waals surface area contributed by atoms with Crippen molar-refractivity contribution in [3.8, 4) is 0 Å². The first-order valence-corrected chi connectivity index (χ1v) is 9.04. The fourth-order valence-electron chi connectivity index (χ4n) is 4.15. The van der Waals surface area contributed by atoms with Gasteiger partial charge in [0.25, 0.3) is 0 Å². The van der Waals surface area contributed by atoms with Gasteiger partial charge in [0.05, 0.1) is 0 Å². The van der Waals surface area contributed by atoms with E-state index in [0.717, 1.165) is 17.7 Å². The van der Waals surface area contributed by atoms with Gasteiger partial charge in [0.2, 0.25) is 0 Å². The number of nitrogens with zero attached hydrogens (tertiary/aromatic N) is 1. The molecule has 0 radical (unpaired) electrons. The largest absolute Gasteiger partial charge is 0.380 e. The smallest absolute Gasteiger partial charge is 0.116 e. The van der Waals surface area contributed by atoms with E-state index in [2.05, 4.69) is 25.7 Å². The Morgan fingerprint density at radius 1 is 1.00 bits per heavy atom. The fraction of sp³-hybridized carbons (Fsp3) is 0.455. The SMILES string of the molecule is CC1CCC(C)(C)N1CCC(O)(c1ccccc1)c1ccccc1. The van der Waals surface area contributed by atoms with E-state index in [0.29, 0.717) is 12.5 Å². The number of rotatable bonds is 5. The lowest BCUT2D eigenvalue weighted by Gasteiger charge is -2.38. The molecule has 1 heterocycles. The number of hydrogen-bond acceptors (Lipinski definition) is 2. The molecule has 1 unspecified atom stereocenters. The first-order chi connectivity index (χ1) is 11.4. The summed E-state index contributed by atoms with van der Waals surface area (Å²) in [6.07, 6.45) is 3.17. The molecule has 2 aromatic carbocycles. The third-order valence-electron chi connectivity index (χ3n) is 5.70. The van der Waals surface area contributed by atoms with Crippen LogP contribution in [0.2, 0.25) is 0 Å². The molecular weight excluding hydrogens is 294 g/mol. The fourth-order valence-corrected chi connectivity index (χ4v) is 4.15. The van der Waals surface area contributed by atoms with Crippen LogP contribution >= 0.6 is 0 Å². The average molecular weight is 323 g/mol. The first kappa shape index (κ1) is 17.2. The molecule has 3 rings (SSSR count). The molecule has 1 aliphatic heterocycles. The van der Waals surface area contributed by atoms with E-state index in [9.17, 15) is 5.11 Å². The van der Waals surface area contributed by atoms with Crippen LogP contribution in [-0.4, -0.2) is 28.1 Å². The minimum Gasteiger partial charge on any atom is -0.380 e. The molecule has 1 saturated heterocycles. The molecule has 0 bridgehead atoms. The summed E-state index contributed by atoms with van der Waals surface area (Å²) in [4.78, 5) is 2.56. The number of hydrogen-bond donors (Lipinski definition) is 1. The van der Waals surface area contributed by atoms with Gasteiger partial charge in [-0.2, -0.15) is 0 Å². The summed E-state index contributed by atoms with van der Waals surface area (Å²) in [6.45, 7) is 7.84. The van der Waals surface area contributed by atoms with Crippen molar-refractivity contribution in [3.63, 3.8) is 0 Å². The van der Waals surface area contributed by atoms with Gasteiger partial charge in [-0.15, -0.1) is 0 Å². The van der Waals surface area contributed by atoms with Crippen molar-refractivity contribution in [2.45, 2.75) is 57.2 Å². The van der Waals surface area contributed by atoms with Crippen LogP contribution in [0.1, 0.15) is 51.2 Å². The van der Waals surface area contributed by atoms with Crippen LogP contribution in [0.25, 0.3) is 0 Å². The molecule has 1 N–H and O–H groups in total. The average Bonchev–Trinajstić information content (AvgIpc) is 2.87. The number of benzene rings is 2. The van der Waals surface area contributed by atoms with E-state index in [4.69, 9.17) is 0 Å². The molecule has 1 atom stereocenters. The molecule has 0 aliphatic carbocycles. The first-order valence-electron chi connectivity index (χ1n) is 9.04. The van der Waals surface area contributed by atoms with Crippen molar-refractivity contribution in [1.29, 1.82) is 0 Å². The summed E-state index contributed by atoms with van der Waals surface area (Å²) in [5.74, 6) is 0. The number of likely N-dealkylation sites (tertiary alicyclic amines) is 1. The van der Waals surface area contributed by atoms with Gasteiger partial charge in [-0.05, 0) is 51.2 Å². The molecule has 128 valence electrons. The Kier molecular flexibility index (Phi) is 4.80. The maximum Gasteiger partial charge on any atom is 0.116 e. The van der Waals surface area contributed by atoms with E-state index in [1.165, 1.54) is 12.8 Å². The molecule has 2 aromatic rings. The quantitative estimate of drug-likeness (QED) is 0.871. The van der Waals surface area contributed by atoms with Gasteiger partial charge in [-0.3, -0.25) is 4.90 Å². The van der Waals surface area contributed by atoms with Gasteiger partial charge in [-0.1, -0.05) is 60.7 Å². The van der Waals surface area contributed by atoms with Crippen molar-refractivity contribution in [2.75, 3.05) is 6.54 Å². The maximum atomic E-state index is 11.6. The van der Waals surface area contributed by atoms with Crippen molar-refractivity contribution >= 4 is 0 Å². The third kappa shape index (κ3) is 3.26. The van der Waals surface area contributed by atoms with Gasteiger partial charge in [0, 0.05) is 18.1 Å². The van der Waals surface area contributed by atoms with E-state index in [-0.39, 0.29) is 5.54 Å². The molecule has 1 aliphatic rings. The van der Waals surface area contributed by atoms with Crippen molar-refractivity contribution < 1.29 is 5.11 Å². The Morgan fingerprint density at radius 2 is 1.50 bits per heavy atom. The Morgan fingerprint density at radius 3 is 1.92 bits per heavy atom. The lowest BCUT2D eigenvalue weighted by atomic mass is 9.83. The van der Waals surface area contributed by atoms with Crippen LogP contribution in [0, 0.1) is 0 Å². The van der Waals surface area contributed by atoms with Crippen LogP contribution in [-0.2, 0) is 5.60 Å². The topological polar surface area (TPSA) is 23.5 Å². The van der Waals surface area contributed by atoms with E-state index in [1.807, 2.05) is 60.7 Å². The van der Waals surface area contributed by atoms with Crippen LogP contribution in [0.4, 0.5) is 0 Å². The Bertz CT molecular complexity index is 611. The molecule has 0 spiro atoms. The highest BCUT2D eigenvalue weighted by Crippen LogP contribution is 2.37. The summed E-state index contributed by atoms with van der Waals surface area (Å²) in [5, 5.41) is 11.6. The van der Waals surface area contributed by atoms with E-state index in [1.54, 1.807) is 0 Å². The molecule has 1 fully saturated rings. The van der Waals surface area contributed by atoms with Crippen LogP contribution in [0.3, 0.4) is 0 Å². The lowest BCUT2D eigenvalue weighted by molar-refractivity contribution is 0.0392. The maximum absolute atomic E-state index is 11.6. The molecule has 2 nitrogen and oxygen atoms in total. The summed E-state index contributed by atoms with van der Waals surface area (Å²) < 4.78 is 0. The minimum absolute atomic E-state index is 0.216. The van der Waals surface area contributed by atoms with Crippen molar-refractivity contribution in [3.05, 3.63) is 71.8 Å². The molecule has 0 saturated carbocycles. The normalized spacial score (nSPS) is 21.1. The van der Waals surface area contributed by atoms with Crippen molar-refractivity contribution in [1.82, 2.24) is 4.90 Å². The standard InChI is InChI=1S/C22H29NO/c1-18-14-15-21(2,3)23(18)17-16-22(24,19-10-6-4-7-11-19)20-12-8-5-9-13-20/h4-13,18,24H,14-17H2,1-3H3. The highest BCUT2D eigenvalue weighted by molar-refractivity contribution is 5.35. The molecule has 0 amide bonds. The second-order valence-corrected chi connectivity index (χ2v) is 7.74. The summed E-state index contributed by atoms with van der Waals surface area (Å²) in [7, 11) is 0. The summed E-state index contributed by atoms with van der Waals surface area (Å²) in [5.41, 5.74) is 1.22. The summed E-state index contributed by atoms with van der Waals surface area (Å²) >= 11 is 0. The second kappa shape index (κ2) is 6.70. The molecule has 24 heavy (non-hydrogen) atoms. The van der Waals surface area contributed by atoms with Crippen LogP contribution in [0.5, 0.6) is 0 Å². The van der Waals surface area contributed by atoms with Crippen LogP contribution in [0.15, 0.2) is 60.7 Å². The van der Waals surface area contributed by atoms with Gasteiger partial charge >= 0.3 is 0 Å². The third-order valence-corrected chi connectivity index (χ3v) is 5.70. The van der Waals surface area contributed by atoms with Gasteiger partial charge in [0.1, 0.15) is 5.60 Å². The monoisotopic (exact) mass is 323 g/mol. The zero-order chi connectivity index (χ0) is 17.2. The summed E-state index contributed by atoms with van der Waals surface area (Å²) in [6, 6.07) is 20.7. The van der Waals surface area contributed by atoms with Crippen LogP contribution < -0.4 is 0 Å². The van der Waals surface area contributed by atoms with Crippen molar-refractivity contribution in [2.24, 2.45) is 0 Å². The lowest BCUT2D eigenvalue weighted by Crippen LogP contribution is -2.44. The Balaban J connectivity index is 1.89. The minimum atomic E-state index is -0.944. The van der Waals surface area contributed by atoms with Gasteiger partial charge in [0.15, 0.2) is 0 Å². The highest BCUT2D eigenvalue weighted by Gasteiger charge is 2.39. The Hall–Kier alpha value is -1.64.